The number of pyridine rings is 1. The molecule has 4 unspecified atom stereocenters. The van der Waals surface area contributed by atoms with E-state index in [4.69, 9.17) is 16.3 Å². The van der Waals surface area contributed by atoms with Gasteiger partial charge in [-0.3, -0.25) is 4.79 Å². The fraction of sp³-hybridized carbons (Fsp3) is 0.333. The minimum absolute atomic E-state index is 0.118. The van der Waals surface area contributed by atoms with E-state index in [1.165, 1.54) is 24.5 Å². The number of nitrogens with zero attached hydrogens (tertiary/aromatic N) is 4. The zero-order chi connectivity index (χ0) is 24.5. The second kappa shape index (κ2) is 7.61. The number of hydrogen-bond acceptors (Lipinski definition) is 5. The summed E-state index contributed by atoms with van der Waals surface area (Å²) in [7, 11) is 0. The van der Waals surface area contributed by atoms with E-state index in [9.17, 15) is 22.4 Å². The Kier molecular flexibility index (Phi) is 4.83. The number of likely N-dealkylation sites (tertiary alicyclic amines) is 1. The zero-order valence-corrected chi connectivity index (χ0v) is 18.7. The number of halogens is 5. The van der Waals surface area contributed by atoms with Gasteiger partial charge >= 0.3 is 6.18 Å². The predicted molar refractivity (Wildman–Crippen MR) is 116 cm³/mol. The van der Waals surface area contributed by atoms with E-state index < -0.39 is 29.6 Å². The molecule has 3 heterocycles. The topological polar surface area (TPSA) is 68.2 Å². The maximum absolute atomic E-state index is 15.0. The van der Waals surface area contributed by atoms with E-state index >= 15 is 0 Å². The van der Waals surface area contributed by atoms with Crippen molar-refractivity contribution in [2.75, 3.05) is 6.54 Å². The molecule has 6 nitrogen and oxygen atoms in total. The highest BCUT2D eigenvalue weighted by atomic mass is 35.5. The predicted octanol–water partition coefficient (Wildman–Crippen LogP) is 5.03. The normalized spacial score (nSPS) is 26.5. The third kappa shape index (κ3) is 3.45. The number of ether oxygens (including phenoxy) is 1. The van der Waals surface area contributed by atoms with E-state index in [0.717, 1.165) is 12.5 Å². The van der Waals surface area contributed by atoms with Gasteiger partial charge in [-0.1, -0.05) is 23.7 Å². The highest BCUT2D eigenvalue weighted by Gasteiger charge is 2.76. The molecule has 2 aliphatic carbocycles. The number of benzene rings is 1. The van der Waals surface area contributed by atoms with Gasteiger partial charge in [-0.25, -0.2) is 19.3 Å². The quantitative estimate of drug-likeness (QED) is 0.466. The third-order valence-electron chi connectivity index (χ3n) is 7.25. The van der Waals surface area contributed by atoms with E-state index in [2.05, 4.69) is 15.0 Å². The van der Waals surface area contributed by atoms with Gasteiger partial charge in [0, 0.05) is 36.1 Å². The van der Waals surface area contributed by atoms with Crippen molar-refractivity contribution in [2.24, 2.45) is 11.3 Å². The van der Waals surface area contributed by atoms with Crippen LogP contribution in [0.1, 0.15) is 28.8 Å². The summed E-state index contributed by atoms with van der Waals surface area (Å²) in [5, 5.41) is -0.262. The largest absolute Gasteiger partial charge is 0.471 e. The van der Waals surface area contributed by atoms with Gasteiger partial charge < -0.3 is 9.64 Å². The lowest BCUT2D eigenvalue weighted by Gasteiger charge is -2.47. The number of carbonyl (C=O) groups excluding carboxylic acids is 1. The molecule has 1 amide bonds. The van der Waals surface area contributed by atoms with E-state index in [1.807, 2.05) is 0 Å². The molecule has 0 N–H and O–H groups in total. The average Bonchev–Trinajstić information content (AvgIpc) is 3.48. The lowest BCUT2D eigenvalue weighted by molar-refractivity contribution is -0.137. The second-order valence-corrected chi connectivity index (χ2v) is 9.55. The minimum Gasteiger partial charge on any atom is -0.471 e. The van der Waals surface area contributed by atoms with Gasteiger partial charge in [0.05, 0.1) is 17.2 Å². The molecule has 2 aromatic heterocycles. The number of aromatic nitrogens is 3. The van der Waals surface area contributed by atoms with E-state index in [0.29, 0.717) is 19.2 Å². The highest BCUT2D eigenvalue weighted by Crippen LogP contribution is 2.71. The van der Waals surface area contributed by atoms with Gasteiger partial charge in [-0.15, -0.1) is 0 Å². The highest BCUT2D eigenvalue weighted by molar-refractivity contribution is 6.31. The van der Waals surface area contributed by atoms with E-state index in [-0.39, 0.29) is 45.2 Å². The van der Waals surface area contributed by atoms with Crippen molar-refractivity contribution in [3.63, 3.8) is 0 Å². The van der Waals surface area contributed by atoms with Crippen LogP contribution in [0.3, 0.4) is 0 Å². The van der Waals surface area contributed by atoms with Crippen molar-refractivity contribution in [3.8, 4) is 17.3 Å². The van der Waals surface area contributed by atoms with Gasteiger partial charge in [-0.05, 0) is 37.0 Å². The lowest BCUT2D eigenvalue weighted by atomic mass is 9.73. The SMILES string of the molecule is O=C(c1c(F)cccc1-c1ncccn1)N1CC2CC23CC(Oc2ncc(C(F)(F)F)cc2Cl)C13. The third-order valence-corrected chi connectivity index (χ3v) is 7.52. The van der Waals surface area contributed by atoms with Crippen LogP contribution in [0.5, 0.6) is 5.88 Å². The average molecular weight is 505 g/mol. The number of piperidine rings is 1. The molecule has 3 aromatic rings. The fourth-order valence-electron chi connectivity index (χ4n) is 5.57. The first-order chi connectivity index (χ1) is 16.7. The Morgan fingerprint density at radius 3 is 2.63 bits per heavy atom. The van der Waals surface area contributed by atoms with Crippen molar-refractivity contribution < 1.29 is 27.1 Å². The van der Waals surface area contributed by atoms with Crippen LogP contribution in [-0.2, 0) is 6.18 Å². The van der Waals surface area contributed by atoms with Crippen molar-refractivity contribution in [3.05, 3.63) is 70.9 Å². The maximum atomic E-state index is 15.0. The number of carbonyl (C=O) groups is 1. The Balaban J connectivity index is 1.29. The van der Waals surface area contributed by atoms with Crippen LogP contribution in [0, 0.1) is 17.2 Å². The summed E-state index contributed by atoms with van der Waals surface area (Å²) in [6.07, 6.45) is 0.134. The summed E-state index contributed by atoms with van der Waals surface area (Å²) < 4.78 is 59.7. The second-order valence-electron chi connectivity index (χ2n) is 9.14. The molecule has 1 saturated heterocycles. The number of hydrogen-bond donors (Lipinski definition) is 0. The van der Waals surface area contributed by atoms with E-state index in [1.54, 1.807) is 17.0 Å². The Hall–Kier alpha value is -3.27. The Bertz CT molecular complexity index is 1340. The molecule has 0 radical (unpaired) electrons. The molecule has 180 valence electrons. The van der Waals surface area contributed by atoms with Crippen LogP contribution in [0.4, 0.5) is 17.6 Å². The summed E-state index contributed by atoms with van der Waals surface area (Å²) >= 11 is 6.02. The number of amides is 1. The molecule has 35 heavy (non-hydrogen) atoms. The van der Waals surface area contributed by atoms with Crippen LogP contribution in [-0.4, -0.2) is 44.4 Å². The van der Waals surface area contributed by atoms with Gasteiger partial charge in [0.2, 0.25) is 5.88 Å². The molecule has 6 rings (SSSR count). The van der Waals surface area contributed by atoms with Gasteiger partial charge in [0.1, 0.15) is 16.9 Å². The van der Waals surface area contributed by atoms with Gasteiger partial charge in [0.15, 0.2) is 5.82 Å². The van der Waals surface area contributed by atoms with Crippen molar-refractivity contribution >= 4 is 17.5 Å². The summed E-state index contributed by atoms with van der Waals surface area (Å²) in [4.78, 5) is 27.3. The molecule has 1 spiro atoms. The minimum atomic E-state index is -4.58. The number of alkyl halides is 3. The van der Waals surface area contributed by atoms with Gasteiger partial charge in [0.25, 0.3) is 5.91 Å². The monoisotopic (exact) mass is 504 g/mol. The van der Waals surface area contributed by atoms with Gasteiger partial charge in [-0.2, -0.15) is 13.2 Å². The Morgan fingerprint density at radius 1 is 1.14 bits per heavy atom. The summed E-state index contributed by atoms with van der Waals surface area (Å²) in [5.74, 6) is -0.798. The van der Waals surface area contributed by atoms with Crippen molar-refractivity contribution in [2.45, 2.75) is 31.2 Å². The lowest BCUT2D eigenvalue weighted by Crippen LogP contribution is -2.59. The molecule has 2 saturated carbocycles. The summed E-state index contributed by atoms with van der Waals surface area (Å²) in [6, 6.07) is 6.34. The molecule has 1 aliphatic heterocycles. The van der Waals surface area contributed by atoms with Crippen LogP contribution < -0.4 is 4.74 Å². The van der Waals surface area contributed by atoms with Crippen molar-refractivity contribution in [1.29, 1.82) is 0 Å². The molecular weight excluding hydrogens is 488 g/mol. The fourth-order valence-corrected chi connectivity index (χ4v) is 5.78. The molecule has 1 aromatic carbocycles. The summed E-state index contributed by atoms with van der Waals surface area (Å²) in [5.41, 5.74) is -0.927. The molecule has 4 atom stereocenters. The smallest absolute Gasteiger partial charge is 0.417 e. The first-order valence-corrected chi connectivity index (χ1v) is 11.3. The zero-order valence-electron chi connectivity index (χ0n) is 18.0. The summed E-state index contributed by atoms with van der Waals surface area (Å²) in [6.45, 7) is 0.445. The molecule has 3 aliphatic rings. The van der Waals surface area contributed by atoms with Crippen LogP contribution >= 0.6 is 11.6 Å². The molecule has 3 fully saturated rings. The Labute approximate surface area is 201 Å². The maximum Gasteiger partial charge on any atom is 0.417 e. The molecule has 0 bridgehead atoms. The van der Waals surface area contributed by atoms with Crippen LogP contribution in [0.15, 0.2) is 48.9 Å². The Morgan fingerprint density at radius 2 is 1.91 bits per heavy atom. The van der Waals surface area contributed by atoms with Crippen molar-refractivity contribution in [1.82, 2.24) is 19.9 Å². The molecule has 11 heteroatoms. The molecular formula is C24H17ClF4N4O2. The van der Waals surface area contributed by atoms with Crippen LogP contribution in [0.25, 0.3) is 11.4 Å². The first-order valence-electron chi connectivity index (χ1n) is 11.0. The van der Waals surface area contributed by atoms with Crippen LogP contribution in [0.2, 0.25) is 5.02 Å². The standard InChI is InChI=1S/C24H17ClF4N4O2/c25-15-7-12(24(27,28)29)10-32-21(15)35-17-9-23-8-13(23)11-33(19(17)23)22(34)18-14(3-1-4-16(18)26)20-30-5-2-6-31-20/h1-7,10,13,17,19H,8-9,11H2. The first kappa shape index (κ1) is 22.2. The number of rotatable bonds is 4.